The van der Waals surface area contributed by atoms with E-state index < -0.39 is 0 Å². The standard InChI is InChI=1S/C14H23N3/c1-12-6-5-9-15-14(12)16-10-11-17(2)13-7-3-4-8-13/h5-6,9,13H,3-4,7-8,10-11H2,1-2H3,(H,15,16). The van der Waals surface area contributed by atoms with Crippen LogP contribution in [0.15, 0.2) is 18.3 Å². The molecule has 0 aliphatic heterocycles. The van der Waals surface area contributed by atoms with Gasteiger partial charge in [0.15, 0.2) is 0 Å². The molecule has 0 saturated heterocycles. The second kappa shape index (κ2) is 6.01. The normalized spacial score (nSPS) is 16.6. The lowest BCUT2D eigenvalue weighted by Gasteiger charge is -2.24. The van der Waals surface area contributed by atoms with Crippen molar-refractivity contribution >= 4 is 5.82 Å². The molecule has 1 aromatic heterocycles. The Morgan fingerprint density at radius 1 is 1.41 bits per heavy atom. The van der Waals surface area contributed by atoms with Crippen LogP contribution in [-0.2, 0) is 0 Å². The molecule has 1 fully saturated rings. The Labute approximate surface area is 104 Å². The van der Waals surface area contributed by atoms with Gasteiger partial charge in [0, 0.05) is 25.3 Å². The van der Waals surface area contributed by atoms with Gasteiger partial charge in [-0.2, -0.15) is 0 Å². The number of rotatable bonds is 5. The number of hydrogen-bond acceptors (Lipinski definition) is 3. The lowest BCUT2D eigenvalue weighted by atomic mass is 10.2. The van der Waals surface area contributed by atoms with Crippen LogP contribution in [0.4, 0.5) is 5.82 Å². The van der Waals surface area contributed by atoms with Gasteiger partial charge in [0.2, 0.25) is 0 Å². The van der Waals surface area contributed by atoms with Crippen molar-refractivity contribution in [1.29, 1.82) is 0 Å². The summed E-state index contributed by atoms with van der Waals surface area (Å²) in [6, 6.07) is 4.88. The van der Waals surface area contributed by atoms with E-state index in [0.717, 1.165) is 24.9 Å². The first-order valence-corrected chi connectivity index (χ1v) is 6.63. The number of nitrogens with zero attached hydrogens (tertiary/aromatic N) is 2. The molecule has 1 saturated carbocycles. The molecule has 17 heavy (non-hydrogen) atoms. The van der Waals surface area contributed by atoms with Crippen LogP contribution in [-0.4, -0.2) is 36.1 Å². The van der Waals surface area contributed by atoms with Gasteiger partial charge in [-0.05, 0) is 38.4 Å². The van der Waals surface area contributed by atoms with Gasteiger partial charge in [0.1, 0.15) is 5.82 Å². The highest BCUT2D eigenvalue weighted by Gasteiger charge is 2.18. The molecule has 2 rings (SSSR count). The molecule has 0 bridgehead atoms. The van der Waals surface area contributed by atoms with Gasteiger partial charge in [-0.15, -0.1) is 0 Å². The molecule has 0 unspecified atom stereocenters. The third-order valence-electron chi connectivity index (χ3n) is 3.71. The van der Waals surface area contributed by atoms with Gasteiger partial charge in [0.05, 0.1) is 0 Å². The summed E-state index contributed by atoms with van der Waals surface area (Å²) in [4.78, 5) is 6.83. The van der Waals surface area contributed by atoms with Crippen LogP contribution < -0.4 is 5.32 Å². The Hall–Kier alpha value is -1.09. The topological polar surface area (TPSA) is 28.2 Å². The smallest absolute Gasteiger partial charge is 0.128 e. The van der Waals surface area contributed by atoms with Crippen molar-refractivity contribution in [2.24, 2.45) is 0 Å². The number of aryl methyl sites for hydroxylation is 1. The molecule has 1 aliphatic carbocycles. The third kappa shape index (κ3) is 3.43. The van der Waals surface area contributed by atoms with Crippen LogP contribution in [0.5, 0.6) is 0 Å². The summed E-state index contributed by atoms with van der Waals surface area (Å²) in [5.74, 6) is 1.02. The summed E-state index contributed by atoms with van der Waals surface area (Å²) in [5.41, 5.74) is 1.22. The van der Waals surface area contributed by atoms with E-state index in [0.29, 0.717) is 0 Å². The van der Waals surface area contributed by atoms with Gasteiger partial charge in [0.25, 0.3) is 0 Å². The fourth-order valence-corrected chi connectivity index (χ4v) is 2.55. The van der Waals surface area contributed by atoms with Crippen LogP contribution in [0, 0.1) is 6.92 Å². The van der Waals surface area contributed by atoms with Crippen LogP contribution in [0.25, 0.3) is 0 Å². The predicted molar refractivity (Wildman–Crippen MR) is 72.3 cm³/mol. The Balaban J connectivity index is 1.74. The first kappa shape index (κ1) is 12.4. The molecule has 0 aromatic carbocycles. The number of hydrogen-bond donors (Lipinski definition) is 1. The van der Waals surface area contributed by atoms with Crippen molar-refractivity contribution < 1.29 is 0 Å². The van der Waals surface area contributed by atoms with Crippen molar-refractivity contribution in [3.05, 3.63) is 23.9 Å². The lowest BCUT2D eigenvalue weighted by Crippen LogP contribution is -2.33. The van der Waals surface area contributed by atoms with Gasteiger partial charge in [-0.1, -0.05) is 18.9 Å². The van der Waals surface area contributed by atoms with E-state index in [1.807, 2.05) is 12.3 Å². The molecular weight excluding hydrogens is 210 g/mol. The summed E-state index contributed by atoms with van der Waals surface area (Å²) in [7, 11) is 2.24. The first-order valence-electron chi connectivity index (χ1n) is 6.63. The summed E-state index contributed by atoms with van der Waals surface area (Å²) in [6.45, 7) is 4.17. The summed E-state index contributed by atoms with van der Waals surface area (Å²) < 4.78 is 0. The molecule has 1 N–H and O–H groups in total. The van der Waals surface area contributed by atoms with Gasteiger partial charge in [-0.3, -0.25) is 0 Å². The first-order chi connectivity index (χ1) is 8.27. The molecule has 0 amide bonds. The summed E-state index contributed by atoms with van der Waals surface area (Å²) >= 11 is 0. The van der Waals surface area contributed by atoms with Gasteiger partial charge < -0.3 is 10.2 Å². The fourth-order valence-electron chi connectivity index (χ4n) is 2.55. The van der Waals surface area contributed by atoms with Gasteiger partial charge >= 0.3 is 0 Å². The maximum atomic E-state index is 4.34. The molecule has 94 valence electrons. The fraction of sp³-hybridized carbons (Fsp3) is 0.643. The monoisotopic (exact) mass is 233 g/mol. The predicted octanol–water partition coefficient (Wildman–Crippen LogP) is 2.68. The Kier molecular flexibility index (Phi) is 4.37. The average molecular weight is 233 g/mol. The van der Waals surface area contributed by atoms with E-state index >= 15 is 0 Å². The van der Waals surface area contributed by atoms with Crippen LogP contribution in [0.3, 0.4) is 0 Å². The van der Waals surface area contributed by atoms with E-state index in [4.69, 9.17) is 0 Å². The van der Waals surface area contributed by atoms with Crippen molar-refractivity contribution in [3.8, 4) is 0 Å². The highest BCUT2D eigenvalue weighted by Crippen LogP contribution is 2.22. The van der Waals surface area contributed by atoms with Crippen LogP contribution in [0.2, 0.25) is 0 Å². The van der Waals surface area contributed by atoms with Gasteiger partial charge in [-0.25, -0.2) is 4.98 Å². The van der Waals surface area contributed by atoms with Crippen LogP contribution in [0.1, 0.15) is 31.2 Å². The SMILES string of the molecule is Cc1cccnc1NCCN(C)C1CCCC1. The highest BCUT2D eigenvalue weighted by molar-refractivity contribution is 5.42. The number of aromatic nitrogens is 1. The summed E-state index contributed by atoms with van der Waals surface area (Å²) in [6.07, 6.45) is 7.40. The molecule has 3 heteroatoms. The minimum atomic E-state index is 0.807. The lowest BCUT2D eigenvalue weighted by molar-refractivity contribution is 0.254. The number of likely N-dealkylation sites (N-methyl/N-ethyl adjacent to an activating group) is 1. The van der Waals surface area contributed by atoms with E-state index in [1.165, 1.54) is 31.2 Å². The van der Waals surface area contributed by atoms with Crippen molar-refractivity contribution in [1.82, 2.24) is 9.88 Å². The molecule has 1 heterocycles. The molecule has 0 spiro atoms. The molecule has 0 atom stereocenters. The minimum Gasteiger partial charge on any atom is -0.369 e. The quantitative estimate of drug-likeness (QED) is 0.847. The average Bonchev–Trinajstić information content (AvgIpc) is 2.85. The Bertz CT molecular complexity index is 345. The van der Waals surface area contributed by atoms with E-state index in [9.17, 15) is 0 Å². The van der Waals surface area contributed by atoms with Crippen molar-refractivity contribution in [2.45, 2.75) is 38.6 Å². The van der Waals surface area contributed by atoms with Crippen molar-refractivity contribution in [3.63, 3.8) is 0 Å². The molecular formula is C14H23N3. The number of anilines is 1. The van der Waals surface area contributed by atoms with E-state index in [1.54, 1.807) is 0 Å². The third-order valence-corrected chi connectivity index (χ3v) is 3.71. The zero-order chi connectivity index (χ0) is 12.1. The Morgan fingerprint density at radius 3 is 2.88 bits per heavy atom. The van der Waals surface area contributed by atoms with E-state index in [2.05, 4.69) is 35.2 Å². The zero-order valence-electron chi connectivity index (χ0n) is 10.9. The number of pyridine rings is 1. The maximum Gasteiger partial charge on any atom is 0.128 e. The Morgan fingerprint density at radius 2 is 2.18 bits per heavy atom. The number of nitrogens with one attached hydrogen (secondary N) is 1. The largest absolute Gasteiger partial charge is 0.369 e. The minimum absolute atomic E-state index is 0.807. The molecule has 1 aliphatic rings. The summed E-state index contributed by atoms with van der Waals surface area (Å²) in [5, 5.41) is 3.41. The maximum absolute atomic E-state index is 4.34. The molecule has 0 radical (unpaired) electrons. The van der Waals surface area contributed by atoms with Crippen LogP contribution >= 0.6 is 0 Å². The van der Waals surface area contributed by atoms with Crippen molar-refractivity contribution in [2.75, 3.05) is 25.5 Å². The van der Waals surface area contributed by atoms with E-state index in [-0.39, 0.29) is 0 Å². The highest BCUT2D eigenvalue weighted by atomic mass is 15.1. The molecule has 1 aromatic rings. The second-order valence-electron chi connectivity index (χ2n) is 5.01. The molecule has 3 nitrogen and oxygen atoms in total. The zero-order valence-corrected chi connectivity index (χ0v) is 10.9. The second-order valence-corrected chi connectivity index (χ2v) is 5.01.